The normalized spacial score (nSPS) is 27.8. The molecule has 0 aromatic heterocycles. The quantitative estimate of drug-likeness (QED) is 0.917. The van der Waals surface area contributed by atoms with Crippen molar-refractivity contribution in [3.8, 4) is 0 Å². The molecule has 0 spiro atoms. The summed E-state index contributed by atoms with van der Waals surface area (Å²) < 4.78 is 13.7. The number of amides is 1. The second-order valence-corrected chi connectivity index (χ2v) is 7.30. The van der Waals surface area contributed by atoms with Crippen molar-refractivity contribution in [3.05, 3.63) is 35.6 Å². The highest BCUT2D eigenvalue weighted by molar-refractivity contribution is 5.76. The second-order valence-electron chi connectivity index (χ2n) is 7.30. The first-order valence-corrected chi connectivity index (χ1v) is 8.88. The summed E-state index contributed by atoms with van der Waals surface area (Å²) in [6.45, 7) is 2.58. The number of carbonyl (C=O) groups is 1. The zero-order valence-corrected chi connectivity index (χ0v) is 14.4. The van der Waals surface area contributed by atoms with Crippen molar-refractivity contribution in [2.45, 2.75) is 38.1 Å². The van der Waals surface area contributed by atoms with E-state index >= 15 is 0 Å². The number of likely N-dealkylation sites (N-methyl/N-ethyl adjacent to an activating group) is 1. The molecular weight excluding hydrogens is 307 g/mol. The van der Waals surface area contributed by atoms with Gasteiger partial charge in [-0.25, -0.2) is 4.39 Å². The van der Waals surface area contributed by atoms with Gasteiger partial charge in [0.1, 0.15) is 5.82 Å². The number of benzene rings is 1. The first-order valence-electron chi connectivity index (χ1n) is 8.88. The molecule has 2 aliphatic rings. The molecule has 0 aliphatic carbocycles. The first kappa shape index (κ1) is 17.4. The third-order valence-corrected chi connectivity index (χ3v) is 5.93. The molecule has 132 valence electrons. The van der Waals surface area contributed by atoms with Crippen molar-refractivity contribution >= 4 is 5.91 Å². The Labute approximate surface area is 143 Å². The maximum absolute atomic E-state index is 13.7. The van der Waals surface area contributed by atoms with Gasteiger partial charge in [0, 0.05) is 31.0 Å². The maximum Gasteiger partial charge on any atom is 0.222 e. The van der Waals surface area contributed by atoms with Crippen LogP contribution < -0.4 is 0 Å². The van der Waals surface area contributed by atoms with Gasteiger partial charge in [0.25, 0.3) is 0 Å². The number of fused-ring (bicyclic) bond motifs is 1. The van der Waals surface area contributed by atoms with E-state index in [1.807, 2.05) is 4.90 Å². The van der Waals surface area contributed by atoms with Crippen LogP contribution in [0.15, 0.2) is 24.3 Å². The van der Waals surface area contributed by atoms with E-state index in [9.17, 15) is 14.3 Å². The molecule has 1 aromatic carbocycles. The van der Waals surface area contributed by atoms with Gasteiger partial charge in [-0.2, -0.15) is 0 Å². The molecule has 1 aromatic rings. The zero-order chi connectivity index (χ0) is 17.2. The lowest BCUT2D eigenvalue weighted by Gasteiger charge is -2.53. The lowest BCUT2D eigenvalue weighted by Crippen LogP contribution is -2.62. The van der Waals surface area contributed by atoms with E-state index in [0.29, 0.717) is 31.5 Å². The summed E-state index contributed by atoms with van der Waals surface area (Å²) in [4.78, 5) is 16.8. The molecule has 2 heterocycles. The fraction of sp³-hybridized carbons (Fsp3) is 0.632. The number of aryl methyl sites for hydroxylation is 1. The van der Waals surface area contributed by atoms with E-state index in [0.717, 1.165) is 25.8 Å². The maximum atomic E-state index is 13.7. The number of piperidine rings is 2. The number of hydrogen-bond donors (Lipinski definition) is 1. The number of rotatable bonds is 4. The van der Waals surface area contributed by atoms with E-state index in [4.69, 9.17) is 0 Å². The van der Waals surface area contributed by atoms with Gasteiger partial charge >= 0.3 is 0 Å². The summed E-state index contributed by atoms with van der Waals surface area (Å²) in [5.74, 6) is -0.154. The number of halogens is 1. The molecular formula is C19H27FN2O2. The molecule has 2 atom stereocenters. The molecule has 1 amide bonds. The van der Waals surface area contributed by atoms with E-state index in [2.05, 4.69) is 11.9 Å². The molecule has 4 nitrogen and oxygen atoms in total. The lowest BCUT2D eigenvalue weighted by molar-refractivity contribution is -0.139. The molecule has 3 rings (SSSR count). The van der Waals surface area contributed by atoms with Crippen LogP contribution >= 0.6 is 0 Å². The number of nitrogens with zero attached hydrogens (tertiary/aromatic N) is 2. The third kappa shape index (κ3) is 3.33. The van der Waals surface area contributed by atoms with E-state index < -0.39 is 0 Å². The monoisotopic (exact) mass is 334 g/mol. The molecule has 24 heavy (non-hydrogen) atoms. The second kappa shape index (κ2) is 7.19. The first-order chi connectivity index (χ1) is 11.6. The smallest absolute Gasteiger partial charge is 0.222 e. The third-order valence-electron chi connectivity index (χ3n) is 5.93. The van der Waals surface area contributed by atoms with Crippen molar-refractivity contribution in [1.29, 1.82) is 0 Å². The Bertz CT molecular complexity index is 594. The molecule has 0 saturated carbocycles. The molecule has 5 heteroatoms. The predicted molar refractivity (Wildman–Crippen MR) is 91.1 cm³/mol. The number of likely N-dealkylation sites (tertiary alicyclic amines) is 2. The Morgan fingerprint density at radius 3 is 2.88 bits per heavy atom. The number of carbonyl (C=O) groups excluding carboxylic acids is 1. The van der Waals surface area contributed by atoms with Crippen LogP contribution in [0.5, 0.6) is 0 Å². The van der Waals surface area contributed by atoms with Gasteiger partial charge in [-0.3, -0.25) is 4.79 Å². The molecule has 0 bridgehead atoms. The van der Waals surface area contributed by atoms with Crippen molar-refractivity contribution in [3.63, 3.8) is 0 Å². The van der Waals surface area contributed by atoms with Crippen LogP contribution in [0.25, 0.3) is 0 Å². The average Bonchev–Trinajstić information content (AvgIpc) is 2.61. The Morgan fingerprint density at radius 1 is 1.33 bits per heavy atom. The molecule has 2 saturated heterocycles. The number of aliphatic hydroxyl groups is 1. The number of aliphatic hydroxyl groups excluding tert-OH is 1. The SMILES string of the molecule is CN1CCC[C@]2(CO)CCN(C(=O)CCc3ccccc3F)C[C@@H]12. The standard InChI is InChI=1S/C19H27FN2O2/c1-21-11-4-9-19(14-23)10-12-22(13-17(19)21)18(24)8-7-15-5-2-3-6-16(15)20/h2-3,5-6,17,23H,4,7-14H2,1H3/t17-,19-/m1/s1. The molecule has 2 fully saturated rings. The van der Waals surface area contributed by atoms with Crippen molar-refractivity contribution in [2.24, 2.45) is 5.41 Å². The highest BCUT2D eigenvalue weighted by Gasteiger charge is 2.47. The van der Waals surface area contributed by atoms with Gasteiger partial charge in [-0.1, -0.05) is 18.2 Å². The highest BCUT2D eigenvalue weighted by Crippen LogP contribution is 2.41. The summed E-state index contributed by atoms with van der Waals surface area (Å²) in [7, 11) is 2.08. The highest BCUT2D eigenvalue weighted by atomic mass is 19.1. The van der Waals surface area contributed by atoms with Gasteiger partial charge < -0.3 is 14.9 Å². The summed E-state index contributed by atoms with van der Waals surface area (Å²) in [6.07, 6.45) is 3.77. The lowest BCUT2D eigenvalue weighted by atomic mass is 9.69. The molecule has 0 unspecified atom stereocenters. The predicted octanol–water partition coefficient (Wildman–Crippen LogP) is 2.06. The summed E-state index contributed by atoms with van der Waals surface area (Å²) in [5, 5.41) is 9.93. The van der Waals surface area contributed by atoms with Gasteiger partial charge in [-0.15, -0.1) is 0 Å². The van der Waals surface area contributed by atoms with Gasteiger partial charge in [0.2, 0.25) is 5.91 Å². The van der Waals surface area contributed by atoms with E-state index in [1.165, 1.54) is 6.07 Å². The Hall–Kier alpha value is -1.46. The zero-order valence-electron chi connectivity index (χ0n) is 14.4. The van der Waals surface area contributed by atoms with Crippen LogP contribution in [-0.2, 0) is 11.2 Å². The minimum atomic E-state index is -0.241. The number of hydrogen-bond acceptors (Lipinski definition) is 3. The Kier molecular flexibility index (Phi) is 5.21. The average molecular weight is 334 g/mol. The van der Waals surface area contributed by atoms with Crippen LogP contribution in [0, 0.1) is 11.2 Å². The molecule has 1 N–H and O–H groups in total. The molecule has 0 radical (unpaired) electrons. The fourth-order valence-electron chi connectivity index (χ4n) is 4.34. The summed E-state index contributed by atoms with van der Waals surface area (Å²) in [6, 6.07) is 6.87. The fourth-order valence-corrected chi connectivity index (χ4v) is 4.34. The summed E-state index contributed by atoms with van der Waals surface area (Å²) >= 11 is 0. The minimum absolute atomic E-state index is 0.0602. The topological polar surface area (TPSA) is 43.8 Å². The van der Waals surface area contributed by atoms with Crippen molar-refractivity contribution in [2.75, 3.05) is 33.3 Å². The van der Waals surface area contributed by atoms with Gasteiger partial charge in [0.05, 0.1) is 6.61 Å². The minimum Gasteiger partial charge on any atom is -0.396 e. The van der Waals surface area contributed by atoms with Crippen LogP contribution in [0.1, 0.15) is 31.2 Å². The van der Waals surface area contributed by atoms with E-state index in [-0.39, 0.29) is 29.8 Å². The van der Waals surface area contributed by atoms with Crippen LogP contribution in [0.3, 0.4) is 0 Å². The largest absolute Gasteiger partial charge is 0.396 e. The van der Waals surface area contributed by atoms with E-state index in [1.54, 1.807) is 18.2 Å². The van der Waals surface area contributed by atoms with Crippen molar-refractivity contribution in [1.82, 2.24) is 9.80 Å². The molecule has 2 aliphatic heterocycles. The van der Waals surface area contributed by atoms with Gasteiger partial charge in [-0.05, 0) is 50.9 Å². The van der Waals surface area contributed by atoms with Crippen LogP contribution in [-0.4, -0.2) is 60.1 Å². The van der Waals surface area contributed by atoms with Gasteiger partial charge in [0.15, 0.2) is 0 Å². The Morgan fingerprint density at radius 2 is 2.12 bits per heavy atom. The van der Waals surface area contributed by atoms with Crippen LogP contribution in [0.2, 0.25) is 0 Å². The van der Waals surface area contributed by atoms with Crippen LogP contribution in [0.4, 0.5) is 4.39 Å². The Balaban J connectivity index is 1.62. The summed E-state index contributed by atoms with van der Waals surface area (Å²) in [5.41, 5.74) is 0.539. The van der Waals surface area contributed by atoms with Crippen molar-refractivity contribution < 1.29 is 14.3 Å².